The van der Waals surface area contributed by atoms with Gasteiger partial charge in [0.2, 0.25) is 0 Å². The predicted octanol–water partition coefficient (Wildman–Crippen LogP) is 3.56. The van der Waals surface area contributed by atoms with Crippen molar-refractivity contribution in [2.75, 3.05) is 13.2 Å². The first kappa shape index (κ1) is 13.9. The Labute approximate surface area is 89.0 Å². The lowest BCUT2D eigenvalue weighted by molar-refractivity contribution is -0.132. The maximum atomic E-state index is 5.63. The van der Waals surface area contributed by atoms with E-state index in [-0.39, 0.29) is 6.29 Å². The Bertz CT molecular complexity index is 103. The molecule has 0 rings (SSSR count). The fourth-order valence-electron chi connectivity index (χ4n) is 1.05. The zero-order valence-corrected chi connectivity index (χ0v) is 10.1. The second-order valence-electron chi connectivity index (χ2n) is 3.86. The van der Waals surface area contributed by atoms with Crippen LogP contribution in [0.1, 0.15) is 53.4 Å². The van der Waals surface area contributed by atoms with Gasteiger partial charge in [-0.3, -0.25) is 0 Å². The van der Waals surface area contributed by atoms with E-state index < -0.39 is 0 Å². The average molecular weight is 201 g/mol. The standard InChI is InChI=1S/C12H25O2/c1-5-7-9-13-12(11(3)4)14-10-8-6-2/h12H,5-10H2,1-4H3. The highest BCUT2D eigenvalue weighted by molar-refractivity contribution is 4.81. The molecule has 85 valence electrons. The summed E-state index contributed by atoms with van der Waals surface area (Å²) < 4.78 is 11.3. The van der Waals surface area contributed by atoms with Gasteiger partial charge in [0.1, 0.15) is 0 Å². The molecule has 0 saturated heterocycles. The quantitative estimate of drug-likeness (QED) is 0.419. The van der Waals surface area contributed by atoms with Crippen molar-refractivity contribution in [1.82, 2.24) is 0 Å². The highest BCUT2D eigenvalue weighted by Gasteiger charge is 2.13. The van der Waals surface area contributed by atoms with Crippen LogP contribution in [0.4, 0.5) is 0 Å². The lowest BCUT2D eigenvalue weighted by Crippen LogP contribution is -2.23. The predicted molar refractivity (Wildman–Crippen MR) is 60.1 cm³/mol. The summed E-state index contributed by atoms with van der Waals surface area (Å²) in [7, 11) is 0. The molecule has 0 spiro atoms. The molecule has 0 aliphatic heterocycles. The second kappa shape index (κ2) is 9.47. The summed E-state index contributed by atoms with van der Waals surface area (Å²) >= 11 is 0. The first-order chi connectivity index (χ1) is 6.72. The number of unbranched alkanes of at least 4 members (excludes halogenated alkanes) is 2. The molecule has 0 unspecified atom stereocenters. The smallest absolute Gasteiger partial charge is 0.163 e. The van der Waals surface area contributed by atoms with Crippen LogP contribution < -0.4 is 0 Å². The summed E-state index contributed by atoms with van der Waals surface area (Å²) in [5, 5.41) is 0. The van der Waals surface area contributed by atoms with Crippen molar-refractivity contribution in [3.8, 4) is 0 Å². The van der Waals surface area contributed by atoms with Crippen molar-refractivity contribution in [3.05, 3.63) is 5.92 Å². The first-order valence-corrected chi connectivity index (χ1v) is 5.75. The number of rotatable bonds is 9. The van der Waals surface area contributed by atoms with Gasteiger partial charge >= 0.3 is 0 Å². The minimum atomic E-state index is -0.0897. The molecular weight excluding hydrogens is 176 g/mol. The number of hydrogen-bond donors (Lipinski definition) is 0. The number of ether oxygens (including phenoxy) is 2. The molecule has 0 aliphatic carbocycles. The van der Waals surface area contributed by atoms with Gasteiger partial charge in [0.15, 0.2) is 6.29 Å². The van der Waals surface area contributed by atoms with Crippen molar-refractivity contribution < 1.29 is 9.47 Å². The molecule has 2 nitrogen and oxygen atoms in total. The van der Waals surface area contributed by atoms with Crippen LogP contribution in [0.2, 0.25) is 0 Å². The molecule has 0 aromatic rings. The molecule has 0 aromatic carbocycles. The Morgan fingerprint density at radius 1 is 0.929 bits per heavy atom. The average Bonchev–Trinajstić information content (AvgIpc) is 2.15. The van der Waals surface area contributed by atoms with Gasteiger partial charge in [-0.2, -0.15) is 0 Å². The lowest BCUT2D eigenvalue weighted by atomic mass is 10.2. The Balaban J connectivity index is 3.55. The van der Waals surface area contributed by atoms with Crippen molar-refractivity contribution in [2.45, 2.75) is 59.7 Å². The maximum Gasteiger partial charge on any atom is 0.163 e. The van der Waals surface area contributed by atoms with E-state index in [1.807, 2.05) is 0 Å². The molecule has 0 aliphatic rings. The van der Waals surface area contributed by atoms with Gasteiger partial charge in [-0.25, -0.2) is 0 Å². The van der Waals surface area contributed by atoms with Crippen LogP contribution in [0, 0.1) is 5.92 Å². The summed E-state index contributed by atoms with van der Waals surface area (Å²) in [5.41, 5.74) is 0. The molecule has 0 atom stereocenters. The fourth-order valence-corrected chi connectivity index (χ4v) is 1.05. The number of hydrogen-bond acceptors (Lipinski definition) is 2. The van der Waals surface area contributed by atoms with E-state index >= 15 is 0 Å². The van der Waals surface area contributed by atoms with Gasteiger partial charge in [-0.1, -0.05) is 40.5 Å². The fraction of sp³-hybridized carbons (Fsp3) is 0.917. The molecule has 14 heavy (non-hydrogen) atoms. The highest BCUT2D eigenvalue weighted by Crippen LogP contribution is 2.11. The molecule has 0 heterocycles. The third-order valence-electron chi connectivity index (χ3n) is 2.01. The van der Waals surface area contributed by atoms with Crippen LogP contribution in [0.5, 0.6) is 0 Å². The van der Waals surface area contributed by atoms with Crippen molar-refractivity contribution in [3.63, 3.8) is 0 Å². The van der Waals surface area contributed by atoms with Crippen LogP contribution >= 0.6 is 0 Å². The minimum absolute atomic E-state index is 0.0897. The van der Waals surface area contributed by atoms with E-state index in [1.54, 1.807) is 0 Å². The highest BCUT2D eigenvalue weighted by atomic mass is 16.7. The molecule has 0 fully saturated rings. The van der Waals surface area contributed by atoms with E-state index in [0.29, 0.717) is 0 Å². The molecule has 0 bridgehead atoms. The summed E-state index contributed by atoms with van der Waals surface area (Å²) in [6.07, 6.45) is 4.48. The normalized spacial score (nSPS) is 11.6. The third kappa shape index (κ3) is 7.34. The van der Waals surface area contributed by atoms with Crippen LogP contribution in [0.15, 0.2) is 0 Å². The van der Waals surface area contributed by atoms with E-state index in [1.165, 1.54) is 18.8 Å². The molecule has 0 amide bonds. The summed E-state index contributed by atoms with van der Waals surface area (Å²) in [5.74, 6) is 1.21. The minimum Gasteiger partial charge on any atom is -0.352 e. The van der Waals surface area contributed by atoms with Crippen LogP contribution in [-0.2, 0) is 9.47 Å². The van der Waals surface area contributed by atoms with E-state index in [2.05, 4.69) is 27.7 Å². The van der Waals surface area contributed by atoms with Gasteiger partial charge in [0.25, 0.3) is 0 Å². The third-order valence-corrected chi connectivity index (χ3v) is 2.01. The largest absolute Gasteiger partial charge is 0.352 e. The zero-order valence-electron chi connectivity index (χ0n) is 10.1. The second-order valence-corrected chi connectivity index (χ2v) is 3.86. The Morgan fingerprint density at radius 2 is 1.36 bits per heavy atom. The molecule has 0 N–H and O–H groups in total. The van der Waals surface area contributed by atoms with Crippen molar-refractivity contribution >= 4 is 0 Å². The SMILES string of the molecule is CCCCOC(OCCCC)[C](C)C. The Kier molecular flexibility index (Phi) is 9.42. The molecular formula is C12H25O2. The topological polar surface area (TPSA) is 18.5 Å². The molecule has 1 radical (unpaired) electrons. The van der Waals surface area contributed by atoms with Gasteiger partial charge < -0.3 is 9.47 Å². The van der Waals surface area contributed by atoms with E-state index in [9.17, 15) is 0 Å². The monoisotopic (exact) mass is 201 g/mol. The summed E-state index contributed by atoms with van der Waals surface area (Å²) in [6, 6.07) is 0. The Morgan fingerprint density at radius 3 is 1.64 bits per heavy atom. The van der Waals surface area contributed by atoms with Gasteiger partial charge in [0, 0.05) is 19.1 Å². The van der Waals surface area contributed by atoms with Crippen LogP contribution in [0.25, 0.3) is 0 Å². The maximum absolute atomic E-state index is 5.63. The first-order valence-electron chi connectivity index (χ1n) is 5.75. The summed E-state index contributed by atoms with van der Waals surface area (Å²) in [4.78, 5) is 0. The van der Waals surface area contributed by atoms with Crippen molar-refractivity contribution in [1.29, 1.82) is 0 Å². The van der Waals surface area contributed by atoms with Crippen LogP contribution in [-0.4, -0.2) is 19.5 Å². The van der Waals surface area contributed by atoms with Gasteiger partial charge in [-0.15, -0.1) is 0 Å². The van der Waals surface area contributed by atoms with E-state index in [4.69, 9.17) is 9.47 Å². The Hall–Kier alpha value is -0.0800. The zero-order chi connectivity index (χ0) is 10.8. The van der Waals surface area contributed by atoms with Gasteiger partial charge in [0.05, 0.1) is 0 Å². The summed E-state index contributed by atoms with van der Waals surface area (Å²) in [6.45, 7) is 10.1. The molecule has 0 saturated carbocycles. The van der Waals surface area contributed by atoms with Crippen molar-refractivity contribution in [2.24, 2.45) is 0 Å². The van der Waals surface area contributed by atoms with Gasteiger partial charge in [-0.05, 0) is 12.8 Å². The molecule has 0 aromatic heterocycles. The lowest BCUT2D eigenvalue weighted by Gasteiger charge is -2.21. The van der Waals surface area contributed by atoms with Crippen LogP contribution in [0.3, 0.4) is 0 Å². The molecule has 2 heteroatoms. The van der Waals surface area contributed by atoms with E-state index in [0.717, 1.165) is 26.1 Å².